The standard InChI is InChI=1S/C6H15N2P/c1-7-6-3-2-4-8(9)5-6/h6-7H,2-5,9H2,1H3. The van der Waals surface area contributed by atoms with Gasteiger partial charge in [0.25, 0.3) is 0 Å². The van der Waals surface area contributed by atoms with Gasteiger partial charge < -0.3 is 5.32 Å². The highest BCUT2D eigenvalue weighted by atomic mass is 31.0. The minimum absolute atomic E-state index is 0.719. The lowest BCUT2D eigenvalue weighted by Gasteiger charge is -2.28. The van der Waals surface area contributed by atoms with Gasteiger partial charge in [-0.2, -0.15) is 0 Å². The van der Waals surface area contributed by atoms with E-state index in [0.717, 1.165) is 6.04 Å². The molecule has 54 valence electrons. The van der Waals surface area contributed by atoms with E-state index in [9.17, 15) is 0 Å². The van der Waals surface area contributed by atoms with Gasteiger partial charge in [0.15, 0.2) is 0 Å². The van der Waals surface area contributed by atoms with Gasteiger partial charge in [0, 0.05) is 19.1 Å². The Balaban J connectivity index is 2.23. The van der Waals surface area contributed by atoms with Crippen molar-refractivity contribution in [3.05, 3.63) is 0 Å². The van der Waals surface area contributed by atoms with E-state index in [0.29, 0.717) is 0 Å². The van der Waals surface area contributed by atoms with Gasteiger partial charge in [-0.1, -0.05) is 9.39 Å². The third-order valence-corrected chi connectivity index (χ3v) is 2.33. The summed E-state index contributed by atoms with van der Waals surface area (Å²) >= 11 is 0. The molecule has 2 unspecified atom stereocenters. The molecule has 1 fully saturated rings. The lowest BCUT2D eigenvalue weighted by molar-refractivity contribution is 0.313. The van der Waals surface area contributed by atoms with E-state index in [-0.39, 0.29) is 0 Å². The molecule has 3 heteroatoms. The molecule has 0 aromatic carbocycles. The van der Waals surface area contributed by atoms with Gasteiger partial charge in [0.2, 0.25) is 0 Å². The number of hydrogen-bond donors (Lipinski definition) is 1. The minimum Gasteiger partial charge on any atom is -0.316 e. The summed E-state index contributed by atoms with van der Waals surface area (Å²) in [6, 6.07) is 0.719. The quantitative estimate of drug-likeness (QED) is 0.541. The minimum atomic E-state index is 0.719. The molecule has 0 saturated carbocycles. The maximum Gasteiger partial charge on any atom is 0.0195 e. The second-order valence-corrected chi connectivity index (χ2v) is 3.35. The molecule has 0 spiro atoms. The number of rotatable bonds is 1. The predicted octanol–water partition coefficient (Wildman–Crippen LogP) is 0.460. The van der Waals surface area contributed by atoms with Crippen LogP contribution >= 0.6 is 9.39 Å². The van der Waals surface area contributed by atoms with Crippen molar-refractivity contribution in [2.75, 3.05) is 20.1 Å². The second-order valence-electron chi connectivity index (χ2n) is 2.62. The normalized spacial score (nSPS) is 30.7. The average molecular weight is 146 g/mol. The Bertz CT molecular complexity index is 87.1. The van der Waals surface area contributed by atoms with Crippen molar-refractivity contribution in [3.8, 4) is 0 Å². The Morgan fingerprint density at radius 3 is 2.89 bits per heavy atom. The van der Waals surface area contributed by atoms with Crippen molar-refractivity contribution < 1.29 is 0 Å². The third-order valence-electron chi connectivity index (χ3n) is 1.86. The van der Waals surface area contributed by atoms with E-state index in [1.807, 2.05) is 7.05 Å². The number of nitrogens with one attached hydrogen (secondary N) is 1. The van der Waals surface area contributed by atoms with Crippen LogP contribution in [0, 0.1) is 0 Å². The first-order valence-electron chi connectivity index (χ1n) is 3.50. The van der Waals surface area contributed by atoms with Crippen LogP contribution < -0.4 is 5.32 Å². The van der Waals surface area contributed by atoms with Crippen molar-refractivity contribution in [1.82, 2.24) is 9.99 Å². The fourth-order valence-corrected chi connectivity index (χ4v) is 1.68. The number of hydrogen-bond acceptors (Lipinski definition) is 2. The molecule has 0 amide bonds. The van der Waals surface area contributed by atoms with E-state index in [4.69, 9.17) is 0 Å². The summed E-state index contributed by atoms with van der Waals surface area (Å²) in [6.45, 7) is 2.42. The molecule has 0 bridgehead atoms. The molecule has 1 heterocycles. The van der Waals surface area contributed by atoms with E-state index in [1.54, 1.807) is 0 Å². The molecule has 1 aliphatic heterocycles. The highest BCUT2D eigenvalue weighted by molar-refractivity contribution is 7.13. The highest BCUT2D eigenvalue weighted by Crippen LogP contribution is 2.12. The summed E-state index contributed by atoms with van der Waals surface area (Å²) in [6.07, 6.45) is 2.66. The molecular formula is C6H15N2P. The largest absolute Gasteiger partial charge is 0.316 e. The molecule has 2 nitrogen and oxygen atoms in total. The maximum atomic E-state index is 3.28. The maximum absolute atomic E-state index is 3.28. The smallest absolute Gasteiger partial charge is 0.0195 e. The molecule has 1 N–H and O–H groups in total. The van der Waals surface area contributed by atoms with Gasteiger partial charge in [-0.15, -0.1) is 0 Å². The zero-order valence-corrected chi connectivity index (χ0v) is 7.09. The predicted molar refractivity (Wildman–Crippen MR) is 43.4 cm³/mol. The SMILES string of the molecule is CNC1CCCN(P)C1. The third kappa shape index (κ3) is 2.21. The van der Waals surface area contributed by atoms with Crippen molar-refractivity contribution in [1.29, 1.82) is 0 Å². The van der Waals surface area contributed by atoms with Gasteiger partial charge in [-0.3, -0.25) is 4.67 Å². The molecule has 0 radical (unpaired) electrons. The van der Waals surface area contributed by atoms with Crippen LogP contribution in [0.25, 0.3) is 0 Å². The Labute approximate surface area is 59.3 Å². The molecule has 2 atom stereocenters. The zero-order valence-electron chi connectivity index (χ0n) is 5.93. The number of nitrogens with zero attached hydrogens (tertiary/aromatic N) is 1. The Morgan fingerprint density at radius 2 is 2.44 bits per heavy atom. The first-order chi connectivity index (χ1) is 4.33. The Morgan fingerprint density at radius 1 is 1.67 bits per heavy atom. The Hall–Kier alpha value is 0.350. The highest BCUT2D eigenvalue weighted by Gasteiger charge is 2.14. The van der Waals surface area contributed by atoms with Crippen LogP contribution in [-0.2, 0) is 0 Å². The molecule has 9 heavy (non-hydrogen) atoms. The number of likely N-dealkylation sites (N-methyl/N-ethyl adjacent to an activating group) is 1. The summed E-state index contributed by atoms with van der Waals surface area (Å²) in [5, 5.41) is 3.28. The van der Waals surface area contributed by atoms with Gasteiger partial charge in [-0.05, 0) is 19.9 Å². The van der Waals surface area contributed by atoms with Gasteiger partial charge >= 0.3 is 0 Å². The van der Waals surface area contributed by atoms with Crippen molar-refractivity contribution >= 4 is 9.39 Å². The van der Waals surface area contributed by atoms with E-state index >= 15 is 0 Å². The van der Waals surface area contributed by atoms with E-state index in [1.165, 1.54) is 25.9 Å². The van der Waals surface area contributed by atoms with Gasteiger partial charge in [-0.25, -0.2) is 0 Å². The summed E-state index contributed by atoms with van der Waals surface area (Å²) in [5.74, 6) is 0. The van der Waals surface area contributed by atoms with E-state index < -0.39 is 0 Å². The van der Waals surface area contributed by atoms with Crippen LogP contribution in [0.1, 0.15) is 12.8 Å². The second kappa shape index (κ2) is 3.50. The van der Waals surface area contributed by atoms with Gasteiger partial charge in [0.1, 0.15) is 0 Å². The average Bonchev–Trinajstić information content (AvgIpc) is 1.88. The Kier molecular flexibility index (Phi) is 2.90. The van der Waals surface area contributed by atoms with Crippen LogP contribution in [0.2, 0.25) is 0 Å². The molecule has 0 aliphatic carbocycles. The molecule has 1 aliphatic rings. The molecule has 1 saturated heterocycles. The summed E-state index contributed by atoms with van der Waals surface area (Å²) in [7, 11) is 4.79. The van der Waals surface area contributed by atoms with Crippen LogP contribution in [0.3, 0.4) is 0 Å². The van der Waals surface area contributed by atoms with Crippen LogP contribution in [0.4, 0.5) is 0 Å². The fourth-order valence-electron chi connectivity index (χ4n) is 1.24. The topological polar surface area (TPSA) is 15.3 Å². The summed E-state index contributed by atoms with van der Waals surface area (Å²) in [5.41, 5.74) is 0. The lowest BCUT2D eigenvalue weighted by atomic mass is 10.1. The fraction of sp³-hybridized carbons (Fsp3) is 1.00. The molecule has 0 aromatic heterocycles. The van der Waals surface area contributed by atoms with Crippen molar-refractivity contribution in [3.63, 3.8) is 0 Å². The molecule has 0 aromatic rings. The monoisotopic (exact) mass is 146 g/mol. The lowest BCUT2D eigenvalue weighted by Crippen LogP contribution is -2.39. The van der Waals surface area contributed by atoms with Crippen molar-refractivity contribution in [2.24, 2.45) is 0 Å². The van der Waals surface area contributed by atoms with E-state index in [2.05, 4.69) is 19.4 Å². The molecular weight excluding hydrogens is 131 g/mol. The summed E-state index contributed by atoms with van der Waals surface area (Å²) < 4.78 is 2.30. The first kappa shape index (κ1) is 7.46. The number of piperidine rings is 1. The van der Waals surface area contributed by atoms with Crippen LogP contribution in [0.15, 0.2) is 0 Å². The van der Waals surface area contributed by atoms with Crippen LogP contribution in [0.5, 0.6) is 0 Å². The van der Waals surface area contributed by atoms with Crippen LogP contribution in [-0.4, -0.2) is 30.8 Å². The van der Waals surface area contributed by atoms with Crippen molar-refractivity contribution in [2.45, 2.75) is 18.9 Å². The molecule has 1 rings (SSSR count). The first-order valence-corrected chi connectivity index (χ1v) is 4.01. The van der Waals surface area contributed by atoms with Gasteiger partial charge in [0.05, 0.1) is 0 Å². The zero-order chi connectivity index (χ0) is 6.69. The summed E-state index contributed by atoms with van der Waals surface area (Å²) in [4.78, 5) is 0.